The first kappa shape index (κ1) is 43.7. The minimum atomic E-state index is -4.33. The second kappa shape index (κ2) is 28.9. The number of quaternary nitrogens is 1. The Labute approximate surface area is 276 Å². The smallest absolute Gasteiger partial charge is 0.387 e. The normalized spacial score (nSPS) is 15.3. The van der Waals surface area contributed by atoms with Gasteiger partial charge >= 0.3 is 7.82 Å². The number of phosphoric acid groups is 1. The molecule has 3 unspecified atom stereocenters. The lowest BCUT2D eigenvalue weighted by molar-refractivity contribution is -0.870. The molecule has 0 aromatic rings. The van der Waals surface area contributed by atoms with Gasteiger partial charge in [0.15, 0.2) is 0 Å². The molecule has 9 heteroatoms. The topological polar surface area (TPSA) is 105 Å². The zero-order valence-electron chi connectivity index (χ0n) is 29.6. The number of hydrogen-bond donors (Lipinski definition) is 3. The van der Waals surface area contributed by atoms with Crippen LogP contribution < -0.4 is 5.32 Å². The van der Waals surface area contributed by atoms with Crippen molar-refractivity contribution in [3.05, 3.63) is 36.5 Å². The van der Waals surface area contributed by atoms with Crippen LogP contribution in [-0.2, 0) is 18.4 Å². The number of likely N-dealkylation sites (N-methyl/N-ethyl adjacent to an activating group) is 1. The van der Waals surface area contributed by atoms with E-state index in [0.29, 0.717) is 17.4 Å². The van der Waals surface area contributed by atoms with Gasteiger partial charge in [-0.25, -0.2) is 4.57 Å². The molecule has 3 N–H and O–H groups in total. The van der Waals surface area contributed by atoms with Crippen molar-refractivity contribution in [2.45, 2.75) is 148 Å². The summed E-state index contributed by atoms with van der Waals surface area (Å²) in [6, 6.07) is -0.862. The quantitative estimate of drug-likeness (QED) is 0.0298. The monoisotopic (exact) mass is 657 g/mol. The van der Waals surface area contributed by atoms with Gasteiger partial charge in [-0.3, -0.25) is 13.8 Å². The minimum Gasteiger partial charge on any atom is -0.387 e. The molecule has 0 fully saturated rings. The molecule has 0 aromatic heterocycles. The molecule has 0 radical (unpaired) electrons. The third kappa shape index (κ3) is 31.1. The third-order valence-electron chi connectivity index (χ3n) is 7.59. The zero-order chi connectivity index (χ0) is 33.7. The molecule has 8 nitrogen and oxygen atoms in total. The lowest BCUT2D eigenvalue weighted by Gasteiger charge is -2.25. The van der Waals surface area contributed by atoms with Crippen LogP contribution in [0.3, 0.4) is 0 Å². The number of carbonyl (C=O) groups is 1. The lowest BCUT2D eigenvalue weighted by atomic mass is 10.1. The van der Waals surface area contributed by atoms with E-state index in [1.54, 1.807) is 6.08 Å². The predicted octanol–water partition coefficient (Wildman–Crippen LogP) is 8.79. The highest BCUT2D eigenvalue weighted by Gasteiger charge is 2.27. The summed E-state index contributed by atoms with van der Waals surface area (Å²) >= 11 is 0. The van der Waals surface area contributed by atoms with Crippen molar-refractivity contribution < 1.29 is 32.9 Å². The number of nitrogens with one attached hydrogen (secondary N) is 1. The van der Waals surface area contributed by atoms with Crippen LogP contribution in [0.15, 0.2) is 36.5 Å². The van der Waals surface area contributed by atoms with Gasteiger partial charge in [0.05, 0.1) is 39.9 Å². The van der Waals surface area contributed by atoms with Crippen LogP contribution in [0.25, 0.3) is 0 Å². The van der Waals surface area contributed by atoms with Crippen LogP contribution in [0.2, 0.25) is 0 Å². The van der Waals surface area contributed by atoms with Crippen LogP contribution in [0, 0.1) is 0 Å². The number of rotatable bonds is 31. The first-order valence-electron chi connectivity index (χ1n) is 17.9. The zero-order valence-corrected chi connectivity index (χ0v) is 30.5. The van der Waals surface area contributed by atoms with Gasteiger partial charge in [-0.15, -0.1) is 0 Å². The van der Waals surface area contributed by atoms with Crippen molar-refractivity contribution in [2.75, 3.05) is 40.9 Å². The maximum atomic E-state index is 12.7. The Bertz CT molecular complexity index is 840. The summed E-state index contributed by atoms with van der Waals surface area (Å²) in [6.07, 6.45) is 32.1. The molecular formula is C36H70N2O6P+. The highest BCUT2D eigenvalue weighted by molar-refractivity contribution is 7.47. The summed E-state index contributed by atoms with van der Waals surface area (Å²) < 4.78 is 23.3. The summed E-state index contributed by atoms with van der Waals surface area (Å²) in [4.78, 5) is 22.8. The SMILES string of the molecule is CCCCCC/C=C/CC/C=C/CC/C=C/C(O)C(COP(=O)(O)OCC[N+](C)(C)C)NC(=O)CCCCCCCCCCC. The van der Waals surface area contributed by atoms with Crippen molar-refractivity contribution in [2.24, 2.45) is 0 Å². The van der Waals surface area contributed by atoms with Crippen molar-refractivity contribution in [3.8, 4) is 0 Å². The van der Waals surface area contributed by atoms with Gasteiger partial charge in [-0.2, -0.15) is 0 Å². The summed E-state index contributed by atoms with van der Waals surface area (Å²) in [6.45, 7) is 4.70. The molecule has 0 heterocycles. The first-order chi connectivity index (χ1) is 21.5. The van der Waals surface area contributed by atoms with Crippen molar-refractivity contribution in [3.63, 3.8) is 0 Å². The first-order valence-corrected chi connectivity index (χ1v) is 19.4. The molecule has 0 spiro atoms. The molecule has 0 saturated heterocycles. The number of phosphoric ester groups is 1. The van der Waals surface area contributed by atoms with Gasteiger partial charge in [0.1, 0.15) is 13.2 Å². The molecule has 0 aromatic carbocycles. The van der Waals surface area contributed by atoms with E-state index >= 15 is 0 Å². The Morgan fingerprint density at radius 2 is 1.22 bits per heavy atom. The minimum absolute atomic E-state index is 0.0538. The van der Waals surface area contributed by atoms with Gasteiger partial charge in [0.2, 0.25) is 5.91 Å². The Morgan fingerprint density at radius 1 is 0.733 bits per heavy atom. The van der Waals surface area contributed by atoms with Crippen LogP contribution in [0.4, 0.5) is 0 Å². The number of allylic oxidation sites excluding steroid dienone is 5. The molecule has 0 aliphatic carbocycles. The average Bonchev–Trinajstić information content (AvgIpc) is 2.97. The lowest BCUT2D eigenvalue weighted by Crippen LogP contribution is -2.45. The van der Waals surface area contributed by atoms with E-state index in [0.717, 1.165) is 44.9 Å². The van der Waals surface area contributed by atoms with Crippen LogP contribution in [-0.4, -0.2) is 73.4 Å². The second-order valence-electron chi connectivity index (χ2n) is 13.2. The summed E-state index contributed by atoms with van der Waals surface area (Å²) in [5.74, 6) is -0.198. The van der Waals surface area contributed by atoms with Crippen molar-refractivity contribution in [1.29, 1.82) is 0 Å². The second-order valence-corrected chi connectivity index (χ2v) is 14.7. The predicted molar refractivity (Wildman–Crippen MR) is 189 cm³/mol. The van der Waals surface area contributed by atoms with Crippen molar-refractivity contribution in [1.82, 2.24) is 5.32 Å². The molecule has 0 saturated carbocycles. The van der Waals surface area contributed by atoms with E-state index in [-0.39, 0.29) is 19.1 Å². The Kier molecular flexibility index (Phi) is 28.1. The average molecular weight is 658 g/mol. The Hall–Kier alpha value is -1.28. The van der Waals surface area contributed by atoms with E-state index in [1.165, 1.54) is 70.6 Å². The molecule has 0 aliphatic rings. The van der Waals surface area contributed by atoms with Gasteiger partial charge in [-0.1, -0.05) is 121 Å². The highest BCUT2D eigenvalue weighted by Crippen LogP contribution is 2.43. The fourth-order valence-electron chi connectivity index (χ4n) is 4.66. The number of aliphatic hydroxyl groups is 1. The fraction of sp³-hybridized carbons (Fsp3) is 0.806. The molecular weight excluding hydrogens is 587 g/mol. The Morgan fingerprint density at radius 3 is 1.78 bits per heavy atom. The number of hydrogen-bond acceptors (Lipinski definition) is 5. The van der Waals surface area contributed by atoms with Crippen LogP contribution in [0.5, 0.6) is 0 Å². The molecule has 1 amide bonds. The summed E-state index contributed by atoms with van der Waals surface area (Å²) in [7, 11) is 1.54. The maximum absolute atomic E-state index is 12.7. The van der Waals surface area contributed by atoms with Crippen LogP contribution >= 0.6 is 7.82 Å². The number of unbranched alkanes of at least 4 members (excludes halogenated alkanes) is 14. The molecule has 3 atom stereocenters. The highest BCUT2D eigenvalue weighted by atomic mass is 31.2. The number of nitrogens with zero attached hydrogens (tertiary/aromatic N) is 1. The van der Waals surface area contributed by atoms with Gasteiger partial charge in [0, 0.05) is 6.42 Å². The van der Waals surface area contributed by atoms with E-state index in [4.69, 9.17) is 9.05 Å². The van der Waals surface area contributed by atoms with Gasteiger partial charge < -0.3 is 19.8 Å². The molecule has 0 aliphatic heterocycles. The standard InChI is InChI=1S/C36H69N2O6P/c1-6-8-10-12-14-16-17-18-19-20-22-23-25-27-29-35(39)34(33-44-45(41,42)43-32-31-38(3,4)5)37-36(40)30-28-26-24-21-15-13-11-9-7-2/h16-17,20,22,27,29,34-35,39H,6-15,18-19,21,23-26,28,30-33H2,1-5H3,(H-,37,40,41,42)/p+1/b17-16+,22-20+,29-27+. The van der Waals surface area contributed by atoms with E-state index < -0.39 is 20.0 Å². The number of aliphatic hydroxyl groups excluding tert-OH is 1. The summed E-state index contributed by atoms with van der Waals surface area (Å²) in [5.41, 5.74) is 0. The molecule has 0 rings (SSSR count). The fourth-order valence-corrected chi connectivity index (χ4v) is 5.39. The Balaban J connectivity index is 4.68. The number of carbonyl (C=O) groups excluding carboxylic acids is 1. The van der Waals surface area contributed by atoms with Crippen LogP contribution in [0.1, 0.15) is 136 Å². The third-order valence-corrected chi connectivity index (χ3v) is 8.57. The molecule has 0 bridgehead atoms. The molecule has 45 heavy (non-hydrogen) atoms. The van der Waals surface area contributed by atoms with E-state index in [9.17, 15) is 19.4 Å². The van der Waals surface area contributed by atoms with Gasteiger partial charge in [-0.05, 0) is 44.9 Å². The van der Waals surface area contributed by atoms with Crippen molar-refractivity contribution >= 4 is 13.7 Å². The number of amides is 1. The van der Waals surface area contributed by atoms with E-state index in [1.807, 2.05) is 27.2 Å². The maximum Gasteiger partial charge on any atom is 0.472 e. The molecule has 264 valence electrons. The summed E-state index contributed by atoms with van der Waals surface area (Å²) in [5, 5.41) is 13.7. The largest absolute Gasteiger partial charge is 0.472 e. The van der Waals surface area contributed by atoms with E-state index in [2.05, 4.69) is 43.5 Å². The van der Waals surface area contributed by atoms with Gasteiger partial charge in [0.25, 0.3) is 0 Å².